The van der Waals surface area contributed by atoms with E-state index >= 15 is 0 Å². The standard InChI is InChI=1S/C13H21N7O2S.C7H17N3O2S.C6H5ClN4.C5H3ClN4/c1-19-9-17-12-11(19)13(16-8-15-12)20-6-3-10(4-7-20)2-5-18-23(14,21)22;8-13(11,12)10-6-3-7-1-4-9-5-2-7;1-11-3-10-6-4(11)5(7)8-2-9-6;6-4-3-5(9-1-7-3)10-2-8-4/h8-10,18H,2-7H2,1H3,(H2,14,21,22);7,9-10H,1-6H2,(H2,8,11,12);2-3H,1H3;1-2H,(H,7,8,9,10). The van der Waals surface area contributed by atoms with Crippen LogP contribution in [-0.2, 0) is 34.5 Å². The number of aromatic nitrogens is 12. The predicted molar refractivity (Wildman–Crippen MR) is 216 cm³/mol. The Morgan fingerprint density at radius 2 is 1.19 bits per heavy atom. The number of piperidine rings is 2. The van der Waals surface area contributed by atoms with Crippen LogP contribution in [0.15, 0.2) is 38.0 Å². The number of halogens is 2. The molecule has 2 saturated heterocycles. The maximum Gasteiger partial charge on any atom is 0.274 e. The summed E-state index contributed by atoms with van der Waals surface area (Å²) in [4.78, 5) is 41.2. The fourth-order valence-electron chi connectivity index (χ4n) is 6.30. The van der Waals surface area contributed by atoms with Gasteiger partial charge in [0.25, 0.3) is 20.4 Å². The molecule has 0 spiro atoms. The largest absolute Gasteiger partial charge is 0.355 e. The number of hydrogen-bond acceptors (Lipinski definition) is 15. The summed E-state index contributed by atoms with van der Waals surface area (Å²) < 4.78 is 51.2. The quantitative estimate of drug-likeness (QED) is 0.110. The topological polar surface area (TPSA) is 301 Å². The molecule has 0 aromatic carbocycles. The number of nitrogens with zero attached hydrogens (tertiary/aromatic N) is 12. The van der Waals surface area contributed by atoms with E-state index in [4.69, 9.17) is 33.5 Å². The molecule has 8 N–H and O–H groups in total. The zero-order valence-electron chi connectivity index (χ0n) is 31.3. The smallest absolute Gasteiger partial charge is 0.274 e. The lowest BCUT2D eigenvalue weighted by molar-refractivity contribution is 0.354. The first-order valence-corrected chi connectivity index (χ1v) is 21.7. The van der Waals surface area contributed by atoms with E-state index in [1.165, 1.54) is 19.0 Å². The molecule has 310 valence electrons. The molecule has 57 heavy (non-hydrogen) atoms. The molecule has 0 atom stereocenters. The molecule has 22 nitrogen and oxygen atoms in total. The van der Waals surface area contributed by atoms with Gasteiger partial charge in [-0.05, 0) is 63.5 Å². The van der Waals surface area contributed by atoms with Crippen LogP contribution in [0.5, 0.6) is 0 Å². The van der Waals surface area contributed by atoms with E-state index in [2.05, 4.69) is 69.5 Å². The fraction of sp³-hybridized carbons (Fsp3) is 0.516. The van der Waals surface area contributed by atoms with Gasteiger partial charge in [-0.2, -0.15) is 16.8 Å². The van der Waals surface area contributed by atoms with E-state index in [1.807, 2.05) is 18.7 Å². The second kappa shape index (κ2) is 20.4. The number of rotatable bonds is 9. The number of aryl methyl sites for hydroxylation is 2. The molecule has 0 bridgehead atoms. The summed E-state index contributed by atoms with van der Waals surface area (Å²) in [7, 11) is -3.29. The molecule has 0 amide bonds. The molecule has 2 aliphatic rings. The Bertz CT molecular complexity index is 2410. The minimum absolute atomic E-state index is 0.392. The molecular weight excluding hydrogens is 824 g/mol. The fourth-order valence-corrected chi connectivity index (χ4v) is 7.55. The van der Waals surface area contributed by atoms with Crippen LogP contribution in [0.3, 0.4) is 0 Å². The van der Waals surface area contributed by atoms with Crippen LogP contribution < -0.4 is 29.9 Å². The first-order chi connectivity index (χ1) is 27.2. The Morgan fingerprint density at radius 1 is 0.684 bits per heavy atom. The van der Waals surface area contributed by atoms with Crippen molar-refractivity contribution in [3.05, 3.63) is 48.3 Å². The third-order valence-corrected chi connectivity index (χ3v) is 11.0. The summed E-state index contributed by atoms with van der Waals surface area (Å²) >= 11 is 11.5. The van der Waals surface area contributed by atoms with Gasteiger partial charge in [-0.15, -0.1) is 0 Å². The van der Waals surface area contributed by atoms with E-state index in [-0.39, 0.29) is 0 Å². The minimum atomic E-state index is -3.59. The van der Waals surface area contributed by atoms with Gasteiger partial charge in [0.2, 0.25) is 0 Å². The molecule has 8 rings (SSSR count). The zero-order chi connectivity index (χ0) is 41.0. The molecule has 0 saturated carbocycles. The van der Waals surface area contributed by atoms with Crippen molar-refractivity contribution in [1.29, 1.82) is 0 Å². The number of fused-ring (bicyclic) bond motifs is 3. The Balaban J connectivity index is 0.000000155. The number of H-pyrrole nitrogens is 1. The van der Waals surface area contributed by atoms with Crippen LogP contribution in [0.25, 0.3) is 33.5 Å². The SMILES string of the molecule is Clc1ncnc2nc[nH]c12.Cn1cnc2ncnc(Cl)c21.Cn1cnc2ncnc(N3CCC(CCNS(N)(=O)=O)CC3)c21.NS(=O)(=O)NCCC1CCNCC1. The molecule has 8 heterocycles. The van der Waals surface area contributed by atoms with Gasteiger partial charge < -0.3 is 24.3 Å². The lowest BCUT2D eigenvalue weighted by Gasteiger charge is -2.33. The van der Waals surface area contributed by atoms with Crippen molar-refractivity contribution >= 4 is 82.9 Å². The van der Waals surface area contributed by atoms with Crippen LogP contribution in [0, 0.1) is 11.8 Å². The van der Waals surface area contributed by atoms with Crippen LogP contribution in [-0.4, -0.2) is 115 Å². The van der Waals surface area contributed by atoms with Crippen LogP contribution in [0.1, 0.15) is 38.5 Å². The molecular formula is C31H46Cl2N18O4S2. The molecule has 2 fully saturated rings. The van der Waals surface area contributed by atoms with Gasteiger partial charge in [0, 0.05) is 40.3 Å². The maximum absolute atomic E-state index is 10.9. The Labute approximate surface area is 339 Å². The highest BCUT2D eigenvalue weighted by Crippen LogP contribution is 2.28. The van der Waals surface area contributed by atoms with Gasteiger partial charge >= 0.3 is 0 Å². The molecule has 6 aromatic rings. The summed E-state index contributed by atoms with van der Waals surface area (Å²) in [5.41, 5.74) is 4.34. The minimum Gasteiger partial charge on any atom is -0.355 e. The summed E-state index contributed by atoms with van der Waals surface area (Å²) in [6.07, 6.45) is 15.2. The van der Waals surface area contributed by atoms with Gasteiger partial charge in [-0.3, -0.25) is 0 Å². The average Bonchev–Trinajstić information content (AvgIpc) is 3.92. The zero-order valence-corrected chi connectivity index (χ0v) is 34.5. The lowest BCUT2D eigenvalue weighted by atomic mass is 9.93. The van der Waals surface area contributed by atoms with E-state index in [0.29, 0.717) is 57.7 Å². The van der Waals surface area contributed by atoms with Gasteiger partial charge in [0.1, 0.15) is 35.5 Å². The Kier molecular flexibility index (Phi) is 15.7. The van der Waals surface area contributed by atoms with E-state index < -0.39 is 20.4 Å². The van der Waals surface area contributed by atoms with Crippen molar-refractivity contribution in [3.8, 4) is 0 Å². The van der Waals surface area contributed by atoms with Gasteiger partial charge in [-0.25, -0.2) is 64.6 Å². The first-order valence-electron chi connectivity index (χ1n) is 17.9. The summed E-state index contributed by atoms with van der Waals surface area (Å²) in [6.45, 7) is 4.71. The first kappa shape index (κ1) is 43.8. The van der Waals surface area contributed by atoms with Crippen molar-refractivity contribution in [2.24, 2.45) is 36.2 Å². The monoisotopic (exact) mass is 868 g/mol. The number of nitrogens with one attached hydrogen (secondary N) is 4. The van der Waals surface area contributed by atoms with Gasteiger partial charge in [-0.1, -0.05) is 23.2 Å². The molecule has 0 aliphatic carbocycles. The molecule has 0 unspecified atom stereocenters. The van der Waals surface area contributed by atoms with Crippen LogP contribution in [0.2, 0.25) is 10.3 Å². The lowest BCUT2D eigenvalue weighted by Crippen LogP contribution is -2.37. The summed E-state index contributed by atoms with van der Waals surface area (Å²) in [5.74, 6) is 2.04. The van der Waals surface area contributed by atoms with Crippen molar-refractivity contribution < 1.29 is 16.8 Å². The van der Waals surface area contributed by atoms with E-state index in [9.17, 15) is 16.8 Å². The van der Waals surface area contributed by atoms with E-state index in [0.717, 1.165) is 81.6 Å². The van der Waals surface area contributed by atoms with Crippen molar-refractivity contribution in [2.75, 3.05) is 44.2 Å². The van der Waals surface area contributed by atoms with Crippen molar-refractivity contribution in [1.82, 2.24) is 73.7 Å². The normalized spacial score (nSPS) is 15.4. The predicted octanol–water partition coefficient (Wildman–Crippen LogP) is 0.955. The third-order valence-electron chi connectivity index (χ3n) is 9.21. The average molecular weight is 870 g/mol. The van der Waals surface area contributed by atoms with Crippen molar-refractivity contribution in [2.45, 2.75) is 38.5 Å². The number of hydrogen-bond donors (Lipinski definition) is 6. The number of nitrogens with two attached hydrogens (primary N) is 2. The highest BCUT2D eigenvalue weighted by molar-refractivity contribution is 7.87. The van der Waals surface area contributed by atoms with Crippen LogP contribution >= 0.6 is 23.2 Å². The second-order valence-corrected chi connectivity index (χ2v) is 16.7. The number of imidazole rings is 3. The number of anilines is 1. The molecule has 26 heteroatoms. The molecule has 0 radical (unpaired) electrons. The number of aromatic amines is 1. The van der Waals surface area contributed by atoms with Gasteiger partial charge in [0.15, 0.2) is 33.1 Å². The maximum atomic E-state index is 10.9. The highest BCUT2D eigenvalue weighted by Gasteiger charge is 2.23. The Hall–Kier alpha value is -4.27. The molecule has 6 aromatic heterocycles. The second-order valence-electron chi connectivity index (χ2n) is 13.3. The Morgan fingerprint density at radius 3 is 1.75 bits per heavy atom. The van der Waals surface area contributed by atoms with E-state index in [1.54, 1.807) is 23.5 Å². The van der Waals surface area contributed by atoms with Crippen LogP contribution in [0.4, 0.5) is 5.82 Å². The summed E-state index contributed by atoms with van der Waals surface area (Å²) in [5, 5.41) is 13.8. The third kappa shape index (κ3) is 13.4. The van der Waals surface area contributed by atoms with Crippen molar-refractivity contribution in [3.63, 3.8) is 0 Å². The van der Waals surface area contributed by atoms with Gasteiger partial charge in [0.05, 0.1) is 19.0 Å². The summed E-state index contributed by atoms with van der Waals surface area (Å²) in [6, 6.07) is 0. The molecule has 2 aliphatic heterocycles. The highest BCUT2D eigenvalue weighted by atomic mass is 35.5.